The maximum absolute atomic E-state index is 13.6. The molecule has 0 aliphatic carbocycles. The number of aromatic hydroxyl groups is 8. The zero-order valence-corrected chi connectivity index (χ0v) is 24.7. The lowest BCUT2D eigenvalue weighted by Crippen LogP contribution is -2.37. The SMILES string of the molecule is CN(CCN(C)S(=O)(=O)c1cc(O)c(O)cc1-c1ccc(O)c(O)c1)S(=O)(=O)c1cc(O)c(O)cc1-c1ccc(O)c(O)c1. The number of benzene rings is 4. The molecule has 0 aromatic heterocycles. The van der Waals surface area contributed by atoms with Crippen LogP contribution in [0.15, 0.2) is 70.5 Å². The molecule has 0 spiro atoms. The molecular weight excluding hydrogens is 620 g/mol. The number of phenolic OH excluding ortho intramolecular Hbond substituents is 8. The molecule has 8 N–H and O–H groups in total. The van der Waals surface area contributed by atoms with Crippen LogP contribution in [-0.2, 0) is 20.0 Å². The first-order valence-corrected chi connectivity index (χ1v) is 15.4. The first-order chi connectivity index (χ1) is 20.4. The summed E-state index contributed by atoms with van der Waals surface area (Å²) in [6, 6.07) is 10.4. The van der Waals surface area contributed by atoms with Gasteiger partial charge < -0.3 is 40.9 Å². The van der Waals surface area contributed by atoms with Crippen LogP contribution < -0.4 is 0 Å². The fourth-order valence-corrected chi connectivity index (χ4v) is 6.98. The van der Waals surface area contributed by atoms with Gasteiger partial charge in [-0.2, -0.15) is 8.61 Å². The highest BCUT2D eigenvalue weighted by molar-refractivity contribution is 7.89. The maximum Gasteiger partial charge on any atom is 0.243 e. The lowest BCUT2D eigenvalue weighted by molar-refractivity contribution is 0.396. The van der Waals surface area contributed by atoms with Gasteiger partial charge >= 0.3 is 0 Å². The van der Waals surface area contributed by atoms with E-state index in [1.54, 1.807) is 0 Å². The van der Waals surface area contributed by atoms with E-state index in [1.165, 1.54) is 12.1 Å². The molecule has 16 heteroatoms. The Morgan fingerprint density at radius 2 is 0.750 bits per heavy atom. The summed E-state index contributed by atoms with van der Waals surface area (Å²) in [5.74, 6) is -4.93. The van der Waals surface area contributed by atoms with Gasteiger partial charge in [-0.3, -0.25) is 0 Å². The summed E-state index contributed by atoms with van der Waals surface area (Å²) >= 11 is 0. The molecule has 44 heavy (non-hydrogen) atoms. The van der Waals surface area contributed by atoms with Crippen molar-refractivity contribution in [2.45, 2.75) is 9.79 Å². The Bertz CT molecular complexity index is 1840. The zero-order valence-electron chi connectivity index (χ0n) is 23.1. The quantitative estimate of drug-likeness (QED) is 0.122. The molecule has 0 aliphatic heterocycles. The Kier molecular flexibility index (Phi) is 8.48. The van der Waals surface area contributed by atoms with E-state index in [0.29, 0.717) is 0 Å². The summed E-state index contributed by atoms with van der Waals surface area (Å²) in [6.07, 6.45) is 0. The third-order valence-corrected chi connectivity index (χ3v) is 10.6. The standard InChI is InChI=1S/C28H28N2O12S2/c1-29(43(39,40)27-13-25(37)23(35)11-17(27)15-3-5-19(31)21(33)9-15)7-8-30(2)44(41,42)28-14-26(38)24(36)12-18(28)16-4-6-20(32)22(34)10-16/h3-6,9-14,31-38H,7-8H2,1-2H3. The molecule has 4 rings (SSSR count). The average molecular weight is 649 g/mol. The number of likely N-dealkylation sites (N-methyl/N-ethyl adjacent to an activating group) is 2. The largest absolute Gasteiger partial charge is 0.504 e. The number of hydrogen-bond acceptors (Lipinski definition) is 12. The smallest absolute Gasteiger partial charge is 0.243 e. The van der Waals surface area contributed by atoms with Crippen LogP contribution >= 0.6 is 0 Å². The molecule has 4 aromatic carbocycles. The van der Waals surface area contributed by atoms with Crippen molar-refractivity contribution < 1.29 is 57.7 Å². The summed E-state index contributed by atoms with van der Waals surface area (Å²) in [5, 5.41) is 79.4. The Morgan fingerprint density at radius 3 is 1.07 bits per heavy atom. The zero-order chi connectivity index (χ0) is 32.7. The van der Waals surface area contributed by atoms with Crippen LogP contribution in [0.25, 0.3) is 22.3 Å². The van der Waals surface area contributed by atoms with Crippen LogP contribution in [0.3, 0.4) is 0 Å². The normalized spacial score (nSPS) is 12.2. The van der Waals surface area contributed by atoms with Crippen molar-refractivity contribution in [3.05, 3.63) is 60.7 Å². The van der Waals surface area contributed by atoms with Gasteiger partial charge in [0.15, 0.2) is 46.0 Å². The summed E-state index contributed by atoms with van der Waals surface area (Å²) in [4.78, 5) is -0.993. The average Bonchev–Trinajstić information content (AvgIpc) is 2.96. The maximum atomic E-state index is 13.6. The molecule has 4 aromatic rings. The van der Waals surface area contributed by atoms with Gasteiger partial charge in [-0.15, -0.1) is 0 Å². The van der Waals surface area contributed by atoms with Crippen molar-refractivity contribution in [3.8, 4) is 68.2 Å². The van der Waals surface area contributed by atoms with Crippen LogP contribution in [-0.4, -0.2) is 93.5 Å². The third kappa shape index (κ3) is 5.96. The monoisotopic (exact) mass is 648 g/mol. The molecule has 0 amide bonds. The van der Waals surface area contributed by atoms with Gasteiger partial charge in [0, 0.05) is 50.4 Å². The van der Waals surface area contributed by atoms with E-state index in [4.69, 9.17) is 0 Å². The molecule has 0 bridgehead atoms. The highest BCUT2D eigenvalue weighted by Gasteiger charge is 2.30. The Balaban J connectivity index is 1.66. The van der Waals surface area contributed by atoms with E-state index < -0.39 is 88.9 Å². The van der Waals surface area contributed by atoms with Crippen LogP contribution in [0.2, 0.25) is 0 Å². The molecule has 0 fully saturated rings. The number of sulfonamides is 2. The highest BCUT2D eigenvalue weighted by Crippen LogP contribution is 2.41. The number of rotatable bonds is 9. The lowest BCUT2D eigenvalue weighted by atomic mass is 10.0. The van der Waals surface area contributed by atoms with Gasteiger partial charge in [-0.05, 0) is 47.5 Å². The first kappa shape index (κ1) is 32.0. The van der Waals surface area contributed by atoms with Gasteiger partial charge in [0.25, 0.3) is 0 Å². The predicted molar refractivity (Wildman–Crippen MR) is 157 cm³/mol. The number of hydrogen-bond donors (Lipinski definition) is 8. The van der Waals surface area contributed by atoms with Crippen LogP contribution in [0.4, 0.5) is 0 Å². The van der Waals surface area contributed by atoms with Gasteiger partial charge in [-0.25, -0.2) is 16.8 Å². The highest BCUT2D eigenvalue weighted by atomic mass is 32.2. The molecule has 0 heterocycles. The second-order valence-electron chi connectivity index (χ2n) is 9.73. The molecule has 0 unspecified atom stereocenters. The van der Waals surface area contributed by atoms with E-state index >= 15 is 0 Å². The van der Waals surface area contributed by atoms with E-state index in [1.807, 2.05) is 0 Å². The summed E-state index contributed by atoms with van der Waals surface area (Å²) in [7, 11) is -6.68. The number of nitrogens with zero attached hydrogens (tertiary/aromatic N) is 2. The minimum atomic E-state index is -4.49. The third-order valence-electron chi connectivity index (χ3n) is 6.83. The summed E-state index contributed by atoms with van der Waals surface area (Å²) in [6.45, 7) is -0.862. The van der Waals surface area contributed by atoms with Gasteiger partial charge in [0.1, 0.15) is 0 Å². The van der Waals surface area contributed by atoms with Crippen molar-refractivity contribution in [1.29, 1.82) is 0 Å². The first-order valence-electron chi connectivity index (χ1n) is 12.5. The van der Waals surface area contributed by atoms with Crippen molar-refractivity contribution in [1.82, 2.24) is 8.61 Å². The molecule has 0 atom stereocenters. The topological polar surface area (TPSA) is 237 Å². The molecular formula is C28H28N2O12S2. The fourth-order valence-electron chi connectivity index (χ4n) is 4.23. The molecule has 234 valence electrons. The van der Waals surface area contributed by atoms with Crippen LogP contribution in [0, 0.1) is 0 Å². The van der Waals surface area contributed by atoms with E-state index in [9.17, 15) is 57.7 Å². The van der Waals surface area contributed by atoms with E-state index in [-0.39, 0.29) is 22.3 Å². The molecule has 0 radical (unpaired) electrons. The second-order valence-corrected chi connectivity index (χ2v) is 13.8. The van der Waals surface area contributed by atoms with E-state index in [0.717, 1.165) is 71.2 Å². The minimum absolute atomic E-state index is 0.0715. The van der Waals surface area contributed by atoms with Crippen LogP contribution in [0.1, 0.15) is 0 Å². The van der Waals surface area contributed by atoms with Gasteiger partial charge in [0.05, 0.1) is 9.79 Å². The Labute approximate surface area is 251 Å². The fraction of sp³-hybridized carbons (Fsp3) is 0.143. The Morgan fingerprint density at radius 1 is 0.455 bits per heavy atom. The van der Waals surface area contributed by atoms with Crippen molar-refractivity contribution in [2.24, 2.45) is 0 Å². The second kappa shape index (κ2) is 11.6. The predicted octanol–water partition coefficient (Wildman–Crippen LogP) is 2.61. The van der Waals surface area contributed by atoms with E-state index in [2.05, 4.69) is 0 Å². The van der Waals surface area contributed by atoms with Crippen molar-refractivity contribution >= 4 is 20.0 Å². The van der Waals surface area contributed by atoms with Crippen LogP contribution in [0.5, 0.6) is 46.0 Å². The van der Waals surface area contributed by atoms with Gasteiger partial charge in [0.2, 0.25) is 20.0 Å². The number of phenols is 8. The van der Waals surface area contributed by atoms with Gasteiger partial charge in [-0.1, -0.05) is 12.1 Å². The minimum Gasteiger partial charge on any atom is -0.504 e. The van der Waals surface area contributed by atoms with Crippen molar-refractivity contribution in [2.75, 3.05) is 27.2 Å². The summed E-state index contributed by atoms with van der Waals surface area (Å²) in [5.41, 5.74) is -0.126. The lowest BCUT2D eigenvalue weighted by Gasteiger charge is -2.24. The molecule has 14 nitrogen and oxygen atoms in total. The summed E-state index contributed by atoms with van der Waals surface area (Å²) < 4.78 is 56.0. The molecule has 0 saturated heterocycles. The molecule has 0 aliphatic rings. The van der Waals surface area contributed by atoms with Crippen molar-refractivity contribution in [3.63, 3.8) is 0 Å². The Hall–Kier alpha value is -4.90. The molecule has 0 saturated carbocycles.